The van der Waals surface area contributed by atoms with Gasteiger partial charge >= 0.3 is 0 Å². The van der Waals surface area contributed by atoms with Crippen molar-refractivity contribution in [3.63, 3.8) is 0 Å². The highest BCUT2D eigenvalue weighted by Gasteiger charge is 2.35. The van der Waals surface area contributed by atoms with E-state index in [0.29, 0.717) is 24.5 Å². The SMILES string of the molecule is Cc1csc(-c2ncc(C)c(NC3CCC(F)(F)CC3)n2)n1. The van der Waals surface area contributed by atoms with Gasteiger partial charge in [0.15, 0.2) is 10.8 Å². The fraction of sp³-hybridized carbons (Fsp3) is 0.533. The molecule has 2 aromatic rings. The molecule has 2 heterocycles. The first-order valence-electron chi connectivity index (χ1n) is 7.33. The van der Waals surface area contributed by atoms with E-state index in [4.69, 9.17) is 0 Å². The first kappa shape index (κ1) is 15.3. The third-order valence-electron chi connectivity index (χ3n) is 3.84. The van der Waals surface area contributed by atoms with Gasteiger partial charge in [-0.15, -0.1) is 11.3 Å². The van der Waals surface area contributed by atoms with Crippen molar-refractivity contribution in [3.05, 3.63) is 22.8 Å². The quantitative estimate of drug-likeness (QED) is 0.919. The minimum atomic E-state index is -2.51. The number of nitrogens with zero attached hydrogens (tertiary/aromatic N) is 3. The number of hydrogen-bond acceptors (Lipinski definition) is 5. The van der Waals surface area contributed by atoms with E-state index in [1.807, 2.05) is 19.2 Å². The van der Waals surface area contributed by atoms with Crippen LogP contribution in [0.1, 0.15) is 36.9 Å². The van der Waals surface area contributed by atoms with E-state index in [9.17, 15) is 8.78 Å². The number of anilines is 1. The molecule has 1 N–H and O–H groups in total. The molecular weight excluding hydrogens is 306 g/mol. The van der Waals surface area contributed by atoms with E-state index in [2.05, 4.69) is 20.3 Å². The third-order valence-corrected chi connectivity index (χ3v) is 4.80. The van der Waals surface area contributed by atoms with Crippen LogP contribution in [0, 0.1) is 13.8 Å². The van der Waals surface area contributed by atoms with Crippen LogP contribution >= 0.6 is 11.3 Å². The summed E-state index contributed by atoms with van der Waals surface area (Å²) in [6, 6.07) is 0.0408. The first-order valence-corrected chi connectivity index (χ1v) is 8.21. The van der Waals surface area contributed by atoms with Crippen LogP contribution in [0.3, 0.4) is 0 Å². The molecular formula is C15H18F2N4S. The molecule has 0 spiro atoms. The van der Waals surface area contributed by atoms with Crippen molar-refractivity contribution >= 4 is 17.2 Å². The molecule has 0 saturated heterocycles. The lowest BCUT2D eigenvalue weighted by Gasteiger charge is -2.29. The van der Waals surface area contributed by atoms with Crippen LogP contribution in [0.4, 0.5) is 14.6 Å². The fourth-order valence-electron chi connectivity index (χ4n) is 2.53. The van der Waals surface area contributed by atoms with Crippen molar-refractivity contribution in [2.45, 2.75) is 51.5 Å². The average molecular weight is 324 g/mol. The minimum absolute atomic E-state index is 0.0408. The Hall–Kier alpha value is -1.63. The second-order valence-electron chi connectivity index (χ2n) is 5.79. The van der Waals surface area contributed by atoms with Crippen LogP contribution in [-0.2, 0) is 0 Å². The monoisotopic (exact) mass is 324 g/mol. The molecule has 0 atom stereocenters. The zero-order valence-corrected chi connectivity index (χ0v) is 13.4. The Morgan fingerprint density at radius 2 is 1.95 bits per heavy atom. The van der Waals surface area contributed by atoms with E-state index in [-0.39, 0.29) is 18.9 Å². The Kier molecular flexibility index (Phi) is 4.08. The third kappa shape index (κ3) is 3.40. The van der Waals surface area contributed by atoms with Gasteiger partial charge in [0.25, 0.3) is 0 Å². The molecule has 0 bridgehead atoms. The van der Waals surface area contributed by atoms with Gasteiger partial charge in [-0.1, -0.05) is 0 Å². The molecule has 22 heavy (non-hydrogen) atoms. The first-order chi connectivity index (χ1) is 10.4. The largest absolute Gasteiger partial charge is 0.367 e. The van der Waals surface area contributed by atoms with Gasteiger partial charge in [0.2, 0.25) is 5.92 Å². The van der Waals surface area contributed by atoms with Crippen LogP contribution < -0.4 is 5.32 Å². The zero-order chi connectivity index (χ0) is 15.7. The molecule has 4 nitrogen and oxygen atoms in total. The molecule has 118 valence electrons. The van der Waals surface area contributed by atoms with Gasteiger partial charge in [-0.2, -0.15) is 0 Å². The summed E-state index contributed by atoms with van der Waals surface area (Å²) in [4.78, 5) is 13.2. The Labute approximate surface area is 132 Å². The van der Waals surface area contributed by atoms with Gasteiger partial charge in [-0.25, -0.2) is 23.7 Å². The number of halogens is 2. The van der Waals surface area contributed by atoms with Crippen LogP contribution in [0.5, 0.6) is 0 Å². The zero-order valence-electron chi connectivity index (χ0n) is 12.6. The lowest BCUT2D eigenvalue weighted by molar-refractivity contribution is -0.0361. The Balaban J connectivity index is 1.76. The fourth-order valence-corrected chi connectivity index (χ4v) is 3.26. The molecule has 0 aromatic carbocycles. The molecule has 7 heteroatoms. The number of alkyl halides is 2. The number of aryl methyl sites for hydroxylation is 2. The topological polar surface area (TPSA) is 50.7 Å². The molecule has 2 aromatic heterocycles. The van der Waals surface area contributed by atoms with Crippen LogP contribution in [0.15, 0.2) is 11.6 Å². The highest BCUT2D eigenvalue weighted by atomic mass is 32.1. The van der Waals surface area contributed by atoms with Gasteiger partial charge in [0.05, 0.1) is 0 Å². The molecule has 0 amide bonds. The molecule has 1 fully saturated rings. The summed E-state index contributed by atoms with van der Waals surface area (Å²) in [6.07, 6.45) is 2.55. The summed E-state index contributed by atoms with van der Waals surface area (Å²) in [5.41, 5.74) is 1.85. The van der Waals surface area contributed by atoms with Gasteiger partial charge in [-0.05, 0) is 26.7 Å². The summed E-state index contributed by atoms with van der Waals surface area (Å²) in [6.45, 7) is 3.84. The van der Waals surface area contributed by atoms with Gasteiger partial charge in [0, 0.05) is 41.7 Å². The van der Waals surface area contributed by atoms with Crippen molar-refractivity contribution in [2.75, 3.05) is 5.32 Å². The standard InChI is InChI=1S/C15H18F2N4S/c1-9-7-18-13(14-19-10(2)8-22-14)21-12(9)20-11-3-5-15(16,17)6-4-11/h7-8,11H,3-6H2,1-2H3,(H,18,20,21). The van der Waals surface area contributed by atoms with Gasteiger partial charge in [0.1, 0.15) is 5.82 Å². The second-order valence-corrected chi connectivity index (χ2v) is 6.65. The smallest absolute Gasteiger partial charge is 0.248 e. The summed E-state index contributed by atoms with van der Waals surface area (Å²) < 4.78 is 26.4. The molecule has 1 aliphatic carbocycles. The maximum Gasteiger partial charge on any atom is 0.248 e. The number of hydrogen-bond donors (Lipinski definition) is 1. The van der Waals surface area contributed by atoms with Crippen molar-refractivity contribution < 1.29 is 8.78 Å². The van der Waals surface area contributed by atoms with Gasteiger partial charge in [-0.3, -0.25) is 0 Å². The van der Waals surface area contributed by atoms with Crippen molar-refractivity contribution in [1.82, 2.24) is 15.0 Å². The highest BCUT2D eigenvalue weighted by Crippen LogP contribution is 2.34. The number of rotatable bonds is 3. The average Bonchev–Trinajstić information content (AvgIpc) is 2.90. The summed E-state index contributed by atoms with van der Waals surface area (Å²) in [5.74, 6) is -1.22. The molecule has 0 aliphatic heterocycles. The number of thiazole rings is 1. The van der Waals surface area contributed by atoms with E-state index in [0.717, 1.165) is 16.3 Å². The Morgan fingerprint density at radius 1 is 1.23 bits per heavy atom. The summed E-state index contributed by atoms with van der Waals surface area (Å²) >= 11 is 1.50. The lowest BCUT2D eigenvalue weighted by Crippen LogP contribution is -2.32. The van der Waals surface area contributed by atoms with E-state index in [1.54, 1.807) is 6.20 Å². The van der Waals surface area contributed by atoms with Crippen LogP contribution in [-0.4, -0.2) is 26.9 Å². The molecule has 0 radical (unpaired) electrons. The maximum absolute atomic E-state index is 13.2. The van der Waals surface area contributed by atoms with Crippen molar-refractivity contribution in [1.29, 1.82) is 0 Å². The Morgan fingerprint density at radius 3 is 2.59 bits per heavy atom. The normalized spacial score (nSPS) is 18.4. The van der Waals surface area contributed by atoms with E-state index < -0.39 is 5.92 Å². The summed E-state index contributed by atoms with van der Waals surface area (Å²) in [5, 5.41) is 6.02. The maximum atomic E-state index is 13.2. The van der Waals surface area contributed by atoms with Crippen molar-refractivity contribution in [2.24, 2.45) is 0 Å². The minimum Gasteiger partial charge on any atom is -0.367 e. The number of nitrogens with one attached hydrogen (secondary N) is 1. The predicted octanol–water partition coefficient (Wildman–Crippen LogP) is 4.21. The molecule has 1 saturated carbocycles. The van der Waals surface area contributed by atoms with E-state index >= 15 is 0 Å². The van der Waals surface area contributed by atoms with Crippen molar-refractivity contribution in [3.8, 4) is 10.8 Å². The van der Waals surface area contributed by atoms with Gasteiger partial charge < -0.3 is 5.32 Å². The lowest BCUT2D eigenvalue weighted by atomic mass is 9.92. The Bertz CT molecular complexity index is 661. The molecule has 3 rings (SSSR count). The highest BCUT2D eigenvalue weighted by molar-refractivity contribution is 7.13. The van der Waals surface area contributed by atoms with Crippen LogP contribution in [0.25, 0.3) is 10.8 Å². The van der Waals surface area contributed by atoms with E-state index in [1.165, 1.54) is 11.3 Å². The predicted molar refractivity (Wildman–Crippen MR) is 83.4 cm³/mol. The summed E-state index contributed by atoms with van der Waals surface area (Å²) in [7, 11) is 0. The van der Waals surface area contributed by atoms with Crippen LogP contribution in [0.2, 0.25) is 0 Å². The second kappa shape index (κ2) is 5.87. The molecule has 0 unspecified atom stereocenters. The molecule has 1 aliphatic rings. The number of aromatic nitrogens is 3.